The van der Waals surface area contributed by atoms with Gasteiger partial charge in [0.25, 0.3) is 0 Å². The fraction of sp³-hybridized carbons (Fsp3) is 0.235. The van der Waals surface area contributed by atoms with Gasteiger partial charge in [0.05, 0.1) is 17.1 Å². The number of nitrogens with zero attached hydrogens (tertiary/aromatic N) is 1. The van der Waals surface area contributed by atoms with E-state index in [-0.39, 0.29) is 23.2 Å². The molecular formula is C17H14ClF3N2O. The van der Waals surface area contributed by atoms with Crippen molar-refractivity contribution in [3.63, 3.8) is 0 Å². The molecule has 7 heteroatoms. The van der Waals surface area contributed by atoms with Crippen molar-refractivity contribution in [3.05, 3.63) is 58.6 Å². The maximum absolute atomic E-state index is 12.9. The van der Waals surface area contributed by atoms with Gasteiger partial charge in [0.2, 0.25) is 5.91 Å². The first kappa shape index (κ1) is 16.6. The minimum Gasteiger partial charge on any atom is -0.376 e. The van der Waals surface area contributed by atoms with E-state index >= 15 is 0 Å². The Morgan fingerprint density at radius 3 is 2.71 bits per heavy atom. The molecule has 0 radical (unpaired) electrons. The maximum atomic E-state index is 12.9. The number of rotatable bonds is 3. The fourth-order valence-electron chi connectivity index (χ4n) is 2.72. The number of carbonyl (C=O) groups excluding carboxylic acids is 1. The molecule has 24 heavy (non-hydrogen) atoms. The Morgan fingerprint density at radius 2 is 1.96 bits per heavy atom. The molecule has 126 valence electrons. The minimum absolute atomic E-state index is 0.0900. The van der Waals surface area contributed by atoms with E-state index in [0.717, 1.165) is 23.7 Å². The van der Waals surface area contributed by atoms with Crippen molar-refractivity contribution >= 4 is 28.9 Å². The third-order valence-corrected chi connectivity index (χ3v) is 4.23. The number of amides is 1. The van der Waals surface area contributed by atoms with Crippen molar-refractivity contribution < 1.29 is 18.0 Å². The van der Waals surface area contributed by atoms with Crippen LogP contribution in [-0.2, 0) is 17.4 Å². The fourth-order valence-corrected chi connectivity index (χ4v) is 2.95. The maximum Gasteiger partial charge on any atom is 0.417 e. The highest BCUT2D eigenvalue weighted by Gasteiger charge is 2.33. The molecule has 0 saturated carbocycles. The molecule has 1 amide bonds. The molecule has 0 bridgehead atoms. The summed E-state index contributed by atoms with van der Waals surface area (Å²) >= 11 is 5.58. The van der Waals surface area contributed by atoms with Crippen LogP contribution in [0.3, 0.4) is 0 Å². The predicted molar refractivity (Wildman–Crippen MR) is 87.4 cm³/mol. The largest absolute Gasteiger partial charge is 0.417 e. The lowest BCUT2D eigenvalue weighted by atomic mass is 10.2. The van der Waals surface area contributed by atoms with Crippen LogP contribution >= 0.6 is 11.6 Å². The van der Waals surface area contributed by atoms with Gasteiger partial charge >= 0.3 is 6.18 Å². The van der Waals surface area contributed by atoms with Crippen LogP contribution < -0.4 is 10.2 Å². The highest BCUT2D eigenvalue weighted by atomic mass is 35.5. The number of para-hydroxylation sites is 1. The molecule has 3 nitrogen and oxygen atoms in total. The Hall–Kier alpha value is -2.21. The quantitative estimate of drug-likeness (QED) is 0.888. The second-order valence-corrected chi connectivity index (χ2v) is 5.88. The average Bonchev–Trinajstić information content (AvgIpc) is 2.97. The first-order chi connectivity index (χ1) is 11.4. The number of anilines is 2. The lowest BCUT2D eigenvalue weighted by Crippen LogP contribution is -2.34. The summed E-state index contributed by atoms with van der Waals surface area (Å²) in [5, 5.41) is 2.37. The summed E-state index contributed by atoms with van der Waals surface area (Å²) in [6.45, 7) is 0.488. The number of alkyl halides is 3. The molecule has 1 heterocycles. The van der Waals surface area contributed by atoms with E-state index in [2.05, 4.69) is 5.32 Å². The minimum atomic E-state index is -4.54. The van der Waals surface area contributed by atoms with E-state index in [4.69, 9.17) is 11.6 Å². The van der Waals surface area contributed by atoms with Crippen molar-refractivity contribution in [1.29, 1.82) is 0 Å². The molecule has 0 saturated heterocycles. The number of nitrogens with one attached hydrogen (secondary N) is 1. The first-order valence-electron chi connectivity index (χ1n) is 7.35. The van der Waals surface area contributed by atoms with Gasteiger partial charge in [-0.3, -0.25) is 4.79 Å². The van der Waals surface area contributed by atoms with Gasteiger partial charge in [-0.15, -0.1) is 0 Å². The zero-order valence-electron chi connectivity index (χ0n) is 12.5. The summed E-state index contributed by atoms with van der Waals surface area (Å²) in [5.41, 5.74) is 1.23. The number of fused-ring (bicyclic) bond motifs is 1. The van der Waals surface area contributed by atoms with Crippen molar-refractivity contribution in [3.8, 4) is 0 Å². The van der Waals surface area contributed by atoms with Gasteiger partial charge in [-0.05, 0) is 36.2 Å². The van der Waals surface area contributed by atoms with Crippen LogP contribution in [0.5, 0.6) is 0 Å². The van der Waals surface area contributed by atoms with Gasteiger partial charge in [-0.2, -0.15) is 13.2 Å². The van der Waals surface area contributed by atoms with E-state index in [1.165, 1.54) is 12.1 Å². The van der Waals surface area contributed by atoms with Crippen molar-refractivity contribution in [2.75, 3.05) is 23.3 Å². The van der Waals surface area contributed by atoms with Crippen LogP contribution in [0.25, 0.3) is 0 Å². The second kappa shape index (κ2) is 6.36. The summed E-state index contributed by atoms with van der Waals surface area (Å²) in [5.74, 6) is -0.191. The van der Waals surface area contributed by atoms with Crippen molar-refractivity contribution in [1.82, 2.24) is 0 Å². The van der Waals surface area contributed by atoms with Gasteiger partial charge in [-0.1, -0.05) is 29.8 Å². The van der Waals surface area contributed by atoms with Crippen LogP contribution in [0.4, 0.5) is 24.5 Å². The number of hydrogen-bond donors (Lipinski definition) is 1. The van der Waals surface area contributed by atoms with Crippen molar-refractivity contribution in [2.24, 2.45) is 0 Å². The van der Waals surface area contributed by atoms with Gasteiger partial charge < -0.3 is 10.2 Å². The van der Waals surface area contributed by atoms with Crippen LogP contribution in [0, 0.1) is 0 Å². The highest BCUT2D eigenvalue weighted by Crippen LogP contribution is 2.36. The lowest BCUT2D eigenvalue weighted by Gasteiger charge is -2.18. The molecule has 0 unspecified atom stereocenters. The molecule has 0 aliphatic carbocycles. The molecule has 1 aliphatic rings. The SMILES string of the molecule is O=C(CNc1ccc(Cl)c(C(F)(F)F)c1)N1CCc2ccccc21. The molecule has 1 N–H and O–H groups in total. The molecule has 0 atom stereocenters. The summed E-state index contributed by atoms with van der Waals surface area (Å²) in [7, 11) is 0. The number of halogens is 4. The van der Waals surface area contributed by atoms with Gasteiger partial charge in [0, 0.05) is 17.9 Å². The van der Waals surface area contributed by atoms with Gasteiger partial charge in [0.15, 0.2) is 0 Å². The molecule has 0 fully saturated rings. The zero-order valence-corrected chi connectivity index (χ0v) is 13.3. The Labute approximate surface area is 142 Å². The summed E-state index contributed by atoms with van der Waals surface area (Å²) < 4.78 is 38.6. The van der Waals surface area contributed by atoms with Crippen LogP contribution in [0.15, 0.2) is 42.5 Å². The topological polar surface area (TPSA) is 32.3 Å². The average molecular weight is 355 g/mol. The monoisotopic (exact) mass is 354 g/mol. The first-order valence-corrected chi connectivity index (χ1v) is 7.73. The summed E-state index contributed by atoms with van der Waals surface area (Å²) in [4.78, 5) is 14.0. The Balaban J connectivity index is 1.70. The summed E-state index contributed by atoms with van der Waals surface area (Å²) in [6, 6.07) is 11.1. The molecule has 1 aliphatic heterocycles. The molecular weight excluding hydrogens is 341 g/mol. The van der Waals surface area contributed by atoms with Gasteiger partial charge in [-0.25, -0.2) is 0 Å². The van der Waals surface area contributed by atoms with E-state index in [9.17, 15) is 18.0 Å². The van der Waals surface area contributed by atoms with Crippen LogP contribution in [-0.4, -0.2) is 19.0 Å². The van der Waals surface area contributed by atoms with E-state index in [0.29, 0.717) is 6.54 Å². The number of benzene rings is 2. The lowest BCUT2D eigenvalue weighted by molar-refractivity contribution is -0.137. The van der Waals surface area contributed by atoms with Crippen LogP contribution in [0.2, 0.25) is 5.02 Å². The highest BCUT2D eigenvalue weighted by molar-refractivity contribution is 6.31. The van der Waals surface area contributed by atoms with Crippen LogP contribution in [0.1, 0.15) is 11.1 Å². The Morgan fingerprint density at radius 1 is 1.21 bits per heavy atom. The molecule has 3 rings (SSSR count). The standard InChI is InChI=1S/C17H14ClF3N2O/c18-14-6-5-12(9-13(14)17(19,20)21)22-10-16(24)23-8-7-11-3-1-2-4-15(11)23/h1-6,9,22H,7-8,10H2. The molecule has 0 aromatic heterocycles. The Bertz CT molecular complexity index is 777. The smallest absolute Gasteiger partial charge is 0.376 e. The third-order valence-electron chi connectivity index (χ3n) is 3.90. The molecule has 2 aromatic rings. The van der Waals surface area contributed by atoms with Gasteiger partial charge in [0.1, 0.15) is 0 Å². The van der Waals surface area contributed by atoms with E-state index in [1.54, 1.807) is 4.90 Å². The number of hydrogen-bond acceptors (Lipinski definition) is 2. The Kier molecular flexibility index (Phi) is 4.41. The zero-order chi connectivity index (χ0) is 17.3. The van der Waals surface area contributed by atoms with E-state index < -0.39 is 11.7 Å². The second-order valence-electron chi connectivity index (χ2n) is 5.47. The van der Waals surface area contributed by atoms with E-state index in [1.807, 2.05) is 24.3 Å². The predicted octanol–water partition coefficient (Wildman–Crippen LogP) is 4.36. The van der Waals surface area contributed by atoms with Crippen molar-refractivity contribution in [2.45, 2.75) is 12.6 Å². The molecule has 2 aromatic carbocycles. The third kappa shape index (κ3) is 3.33. The number of carbonyl (C=O) groups is 1. The molecule has 0 spiro atoms. The summed E-state index contributed by atoms with van der Waals surface area (Å²) in [6.07, 6.45) is -3.76. The normalized spacial score (nSPS) is 13.8.